The van der Waals surface area contributed by atoms with E-state index in [1.165, 1.54) is 6.07 Å². The molecule has 3 heteroatoms. The molecule has 0 heterocycles. The quantitative estimate of drug-likeness (QED) is 0.770. The van der Waals surface area contributed by atoms with E-state index >= 15 is 0 Å². The third-order valence-electron chi connectivity index (χ3n) is 3.08. The number of rotatable bonds is 8. The van der Waals surface area contributed by atoms with Gasteiger partial charge in [-0.3, -0.25) is 0 Å². The predicted molar refractivity (Wildman–Crippen MR) is 77.7 cm³/mol. The lowest BCUT2D eigenvalue weighted by atomic mass is 10.1. The molecule has 1 N–H and O–H groups in total. The van der Waals surface area contributed by atoms with Crippen LogP contribution in [0.15, 0.2) is 24.3 Å². The van der Waals surface area contributed by atoms with Gasteiger partial charge in [-0.05, 0) is 31.9 Å². The predicted octanol–water partition coefficient (Wildman–Crippen LogP) is 3.93. The third kappa shape index (κ3) is 5.70. The molecule has 0 amide bonds. The summed E-state index contributed by atoms with van der Waals surface area (Å²) in [4.78, 5) is 0. The van der Waals surface area contributed by atoms with Crippen molar-refractivity contribution in [2.45, 2.75) is 46.3 Å². The van der Waals surface area contributed by atoms with Crippen molar-refractivity contribution in [2.75, 3.05) is 13.2 Å². The van der Waals surface area contributed by atoms with E-state index in [0.29, 0.717) is 18.1 Å². The van der Waals surface area contributed by atoms with Crippen LogP contribution in [0.5, 0.6) is 0 Å². The maximum absolute atomic E-state index is 13.8. The van der Waals surface area contributed by atoms with Gasteiger partial charge in [-0.15, -0.1) is 0 Å². The van der Waals surface area contributed by atoms with Crippen LogP contribution in [0.25, 0.3) is 0 Å². The van der Waals surface area contributed by atoms with Gasteiger partial charge in [0, 0.05) is 5.56 Å². The summed E-state index contributed by atoms with van der Waals surface area (Å²) in [6.07, 6.45) is 1.23. The number of benzene rings is 1. The number of likely N-dealkylation sites (N-methyl/N-ethyl adjacent to an activating group) is 1. The highest BCUT2D eigenvalue weighted by molar-refractivity contribution is 5.21. The number of halogens is 1. The van der Waals surface area contributed by atoms with E-state index in [1.807, 2.05) is 19.1 Å². The summed E-state index contributed by atoms with van der Waals surface area (Å²) in [5, 5.41) is 3.28. The molecule has 0 saturated carbocycles. The molecule has 0 aliphatic rings. The minimum Gasteiger partial charge on any atom is -0.377 e. The van der Waals surface area contributed by atoms with Crippen LogP contribution in [-0.4, -0.2) is 19.3 Å². The molecule has 0 aliphatic heterocycles. The number of hydrogen-bond acceptors (Lipinski definition) is 2. The summed E-state index contributed by atoms with van der Waals surface area (Å²) < 4.78 is 19.6. The average molecular weight is 267 g/mol. The van der Waals surface area contributed by atoms with Crippen LogP contribution in [0, 0.1) is 11.7 Å². The first-order valence-electron chi connectivity index (χ1n) is 7.14. The van der Waals surface area contributed by atoms with Gasteiger partial charge in [-0.2, -0.15) is 0 Å². The van der Waals surface area contributed by atoms with Crippen molar-refractivity contribution in [3.8, 4) is 0 Å². The summed E-state index contributed by atoms with van der Waals surface area (Å²) in [5.41, 5.74) is 0.682. The van der Waals surface area contributed by atoms with E-state index in [2.05, 4.69) is 26.1 Å². The second-order valence-electron chi connectivity index (χ2n) is 5.41. The first kappa shape index (κ1) is 16.1. The Hall–Kier alpha value is -0.930. The summed E-state index contributed by atoms with van der Waals surface area (Å²) in [5.74, 6) is 0.439. The van der Waals surface area contributed by atoms with Gasteiger partial charge in [0.05, 0.1) is 18.8 Å². The molecule has 2 atom stereocenters. The van der Waals surface area contributed by atoms with E-state index in [9.17, 15) is 4.39 Å². The van der Waals surface area contributed by atoms with Crippen molar-refractivity contribution in [1.29, 1.82) is 0 Å². The highest BCUT2D eigenvalue weighted by Gasteiger charge is 2.16. The Morgan fingerprint density at radius 2 is 1.89 bits per heavy atom. The highest BCUT2D eigenvalue weighted by atomic mass is 19.1. The molecule has 2 nitrogen and oxygen atoms in total. The van der Waals surface area contributed by atoms with Crippen molar-refractivity contribution in [3.05, 3.63) is 35.6 Å². The van der Waals surface area contributed by atoms with Gasteiger partial charge in [-0.25, -0.2) is 4.39 Å². The Morgan fingerprint density at radius 1 is 1.21 bits per heavy atom. The molecule has 0 radical (unpaired) electrons. The lowest BCUT2D eigenvalue weighted by Gasteiger charge is -2.22. The lowest BCUT2D eigenvalue weighted by Crippen LogP contribution is -2.28. The van der Waals surface area contributed by atoms with Crippen molar-refractivity contribution in [2.24, 2.45) is 5.92 Å². The van der Waals surface area contributed by atoms with Gasteiger partial charge in [-0.1, -0.05) is 39.0 Å². The Kier molecular flexibility index (Phi) is 7.03. The van der Waals surface area contributed by atoms with E-state index in [-0.39, 0.29) is 18.0 Å². The van der Waals surface area contributed by atoms with Crippen molar-refractivity contribution >= 4 is 0 Å². The molecule has 0 spiro atoms. The molecule has 0 saturated heterocycles. The molecule has 0 fully saturated rings. The number of ether oxygens (including phenoxy) is 1. The maximum atomic E-state index is 13.8. The first-order chi connectivity index (χ1) is 9.04. The van der Waals surface area contributed by atoms with Crippen LogP contribution in [0.3, 0.4) is 0 Å². The van der Waals surface area contributed by atoms with Gasteiger partial charge < -0.3 is 10.1 Å². The number of hydrogen-bond donors (Lipinski definition) is 1. The molecular weight excluding hydrogens is 241 g/mol. The Labute approximate surface area is 116 Å². The minimum absolute atomic E-state index is 0.0826. The number of nitrogens with one attached hydrogen (secondary N) is 1. The summed E-state index contributed by atoms with van der Waals surface area (Å²) in [7, 11) is 0. The molecule has 1 aromatic carbocycles. The zero-order valence-electron chi connectivity index (χ0n) is 12.4. The van der Waals surface area contributed by atoms with E-state index in [4.69, 9.17) is 4.74 Å². The van der Waals surface area contributed by atoms with Crippen molar-refractivity contribution in [1.82, 2.24) is 5.32 Å². The first-order valence-corrected chi connectivity index (χ1v) is 7.14. The Morgan fingerprint density at radius 3 is 2.47 bits per heavy atom. The average Bonchev–Trinajstić information content (AvgIpc) is 2.34. The molecule has 19 heavy (non-hydrogen) atoms. The molecule has 0 aromatic heterocycles. The largest absolute Gasteiger partial charge is 0.377 e. The van der Waals surface area contributed by atoms with Crippen LogP contribution in [0.1, 0.15) is 45.7 Å². The van der Waals surface area contributed by atoms with E-state index in [0.717, 1.165) is 13.0 Å². The van der Waals surface area contributed by atoms with Gasteiger partial charge in [0.25, 0.3) is 0 Å². The second-order valence-corrected chi connectivity index (χ2v) is 5.41. The van der Waals surface area contributed by atoms with Crippen LogP contribution >= 0.6 is 0 Å². The highest BCUT2D eigenvalue weighted by Crippen LogP contribution is 2.18. The zero-order chi connectivity index (χ0) is 14.3. The summed E-state index contributed by atoms with van der Waals surface area (Å²) in [6, 6.07) is 6.81. The minimum atomic E-state index is -0.173. The molecule has 2 unspecified atom stereocenters. The summed E-state index contributed by atoms with van der Waals surface area (Å²) >= 11 is 0. The van der Waals surface area contributed by atoms with Gasteiger partial charge in [0.15, 0.2) is 0 Å². The smallest absolute Gasteiger partial charge is 0.128 e. The van der Waals surface area contributed by atoms with Crippen molar-refractivity contribution < 1.29 is 9.13 Å². The van der Waals surface area contributed by atoms with Gasteiger partial charge in [0.1, 0.15) is 5.82 Å². The van der Waals surface area contributed by atoms with Gasteiger partial charge in [0.2, 0.25) is 0 Å². The molecule has 0 aliphatic carbocycles. The second kappa shape index (κ2) is 8.28. The molecule has 0 bridgehead atoms. The maximum Gasteiger partial charge on any atom is 0.128 e. The fraction of sp³-hybridized carbons (Fsp3) is 0.625. The Bertz CT molecular complexity index is 368. The molecular formula is C16H26FNO. The van der Waals surface area contributed by atoms with Crippen LogP contribution in [0.4, 0.5) is 4.39 Å². The van der Waals surface area contributed by atoms with E-state index < -0.39 is 0 Å². The fourth-order valence-electron chi connectivity index (χ4n) is 2.26. The molecule has 108 valence electrons. The SMILES string of the molecule is CCNC(COC(C)CC(C)C)c1ccccc1F. The fourth-order valence-corrected chi connectivity index (χ4v) is 2.26. The lowest BCUT2D eigenvalue weighted by molar-refractivity contribution is 0.0367. The van der Waals surface area contributed by atoms with Crippen LogP contribution in [-0.2, 0) is 4.74 Å². The normalized spacial score (nSPS) is 14.6. The zero-order valence-corrected chi connectivity index (χ0v) is 12.4. The molecule has 1 rings (SSSR count). The standard InChI is InChI=1S/C16H26FNO/c1-5-18-16(11-19-13(4)10-12(2)3)14-8-6-7-9-15(14)17/h6-9,12-13,16,18H,5,10-11H2,1-4H3. The topological polar surface area (TPSA) is 21.3 Å². The third-order valence-corrected chi connectivity index (χ3v) is 3.08. The summed E-state index contributed by atoms with van der Waals surface area (Å²) in [6.45, 7) is 9.75. The molecule has 1 aromatic rings. The Balaban J connectivity index is 2.61. The van der Waals surface area contributed by atoms with Crippen LogP contribution < -0.4 is 5.32 Å². The van der Waals surface area contributed by atoms with Gasteiger partial charge >= 0.3 is 0 Å². The van der Waals surface area contributed by atoms with Crippen molar-refractivity contribution in [3.63, 3.8) is 0 Å². The van der Waals surface area contributed by atoms with E-state index in [1.54, 1.807) is 6.07 Å². The monoisotopic (exact) mass is 267 g/mol. The van der Waals surface area contributed by atoms with Crippen LogP contribution in [0.2, 0.25) is 0 Å².